The molecule has 1 N–H and O–H groups in total. The van der Waals surface area contributed by atoms with Crippen molar-refractivity contribution < 1.29 is 14.0 Å². The number of pyridine rings is 1. The maximum atomic E-state index is 14.4. The average Bonchev–Trinajstić information content (AvgIpc) is 3.53. The summed E-state index contributed by atoms with van der Waals surface area (Å²) < 4.78 is 15.8. The summed E-state index contributed by atoms with van der Waals surface area (Å²) >= 11 is 0. The molecule has 1 fully saturated rings. The lowest BCUT2D eigenvalue weighted by molar-refractivity contribution is 0.101. The summed E-state index contributed by atoms with van der Waals surface area (Å²) in [5, 5.41) is 7.69. The molecular weight excluding hydrogens is 395 g/mol. The Bertz CT molecular complexity index is 1340. The van der Waals surface area contributed by atoms with Gasteiger partial charge in [-0.05, 0) is 50.1 Å². The van der Waals surface area contributed by atoms with Crippen molar-refractivity contribution in [1.29, 1.82) is 0 Å². The molecular formula is C24H19FN4O2. The summed E-state index contributed by atoms with van der Waals surface area (Å²) in [6.45, 7) is 1.46. The first kappa shape index (κ1) is 19.1. The minimum atomic E-state index is -0.424. The van der Waals surface area contributed by atoms with Crippen LogP contribution >= 0.6 is 0 Å². The topological polar surface area (TPSA) is 76.9 Å². The molecule has 5 rings (SSSR count). The maximum absolute atomic E-state index is 14.4. The van der Waals surface area contributed by atoms with E-state index in [9.17, 15) is 14.0 Å². The lowest BCUT2D eigenvalue weighted by atomic mass is 10.1. The van der Waals surface area contributed by atoms with Crippen LogP contribution in [-0.4, -0.2) is 26.5 Å². The van der Waals surface area contributed by atoms with Gasteiger partial charge in [0, 0.05) is 17.2 Å². The molecule has 0 unspecified atom stereocenters. The van der Waals surface area contributed by atoms with Gasteiger partial charge in [-0.3, -0.25) is 9.59 Å². The number of fused-ring (bicyclic) bond motifs is 1. The first-order valence-electron chi connectivity index (χ1n) is 10.1. The van der Waals surface area contributed by atoms with E-state index in [0.717, 1.165) is 18.5 Å². The number of hydrogen-bond acceptors (Lipinski definition) is 4. The maximum Gasteiger partial charge on any atom is 0.256 e. The predicted octanol–water partition coefficient (Wildman–Crippen LogP) is 4.89. The quantitative estimate of drug-likeness (QED) is 0.472. The van der Waals surface area contributed by atoms with E-state index in [1.165, 1.54) is 23.9 Å². The fourth-order valence-corrected chi connectivity index (χ4v) is 3.68. The smallest absolute Gasteiger partial charge is 0.256 e. The SMILES string of the molecule is CC(=O)c1ccccc1NC(=O)c1cc(C2CC2)nc2c1cnn2-c1ccccc1F. The van der Waals surface area contributed by atoms with Crippen molar-refractivity contribution in [2.24, 2.45) is 0 Å². The van der Waals surface area contributed by atoms with Gasteiger partial charge in [0.1, 0.15) is 11.5 Å². The van der Waals surface area contributed by atoms with E-state index in [4.69, 9.17) is 4.98 Å². The van der Waals surface area contributed by atoms with Crippen LogP contribution in [0.3, 0.4) is 0 Å². The molecule has 31 heavy (non-hydrogen) atoms. The van der Waals surface area contributed by atoms with Gasteiger partial charge in [-0.1, -0.05) is 24.3 Å². The summed E-state index contributed by atoms with van der Waals surface area (Å²) in [7, 11) is 0. The molecule has 1 aliphatic carbocycles. The normalized spacial score (nSPS) is 13.4. The predicted molar refractivity (Wildman–Crippen MR) is 115 cm³/mol. The van der Waals surface area contributed by atoms with Crippen molar-refractivity contribution in [2.75, 3.05) is 5.32 Å². The average molecular weight is 414 g/mol. The molecule has 6 nitrogen and oxygen atoms in total. The van der Waals surface area contributed by atoms with Crippen molar-refractivity contribution in [1.82, 2.24) is 14.8 Å². The Balaban J connectivity index is 1.63. The molecule has 2 aromatic carbocycles. The number of nitrogens with one attached hydrogen (secondary N) is 1. The fourth-order valence-electron chi connectivity index (χ4n) is 3.68. The lowest BCUT2D eigenvalue weighted by Crippen LogP contribution is -2.15. The zero-order chi connectivity index (χ0) is 21.5. The molecule has 2 heterocycles. The number of Topliss-reactive ketones (excluding diaryl/α,β-unsaturated/α-hetero) is 1. The first-order chi connectivity index (χ1) is 15.0. The third-order valence-electron chi connectivity index (χ3n) is 5.44. The lowest BCUT2D eigenvalue weighted by Gasteiger charge is -2.11. The third-order valence-corrected chi connectivity index (χ3v) is 5.44. The number of ketones is 1. The van der Waals surface area contributed by atoms with E-state index in [-0.39, 0.29) is 23.3 Å². The summed E-state index contributed by atoms with van der Waals surface area (Å²) in [5.41, 5.74) is 2.76. The van der Waals surface area contributed by atoms with Crippen LogP contribution < -0.4 is 5.32 Å². The molecule has 7 heteroatoms. The number of rotatable bonds is 5. The molecule has 1 saturated carbocycles. The van der Waals surface area contributed by atoms with Crippen molar-refractivity contribution in [2.45, 2.75) is 25.7 Å². The molecule has 2 aromatic heterocycles. The highest BCUT2D eigenvalue weighted by molar-refractivity contribution is 6.14. The minimum Gasteiger partial charge on any atom is -0.321 e. The van der Waals surface area contributed by atoms with E-state index in [0.29, 0.717) is 27.8 Å². The number of carbonyl (C=O) groups excluding carboxylic acids is 2. The Labute approximate surface area is 177 Å². The van der Waals surface area contributed by atoms with E-state index in [2.05, 4.69) is 10.4 Å². The molecule has 0 bridgehead atoms. The molecule has 0 radical (unpaired) electrons. The first-order valence-corrected chi connectivity index (χ1v) is 10.1. The highest BCUT2D eigenvalue weighted by atomic mass is 19.1. The molecule has 154 valence electrons. The number of benzene rings is 2. The molecule has 0 atom stereocenters. The van der Waals surface area contributed by atoms with Gasteiger partial charge in [-0.2, -0.15) is 5.10 Å². The van der Waals surface area contributed by atoms with Gasteiger partial charge in [0.25, 0.3) is 5.91 Å². The largest absolute Gasteiger partial charge is 0.321 e. The van der Waals surface area contributed by atoms with Gasteiger partial charge in [0.15, 0.2) is 11.4 Å². The summed E-state index contributed by atoms with van der Waals surface area (Å²) in [4.78, 5) is 29.9. The van der Waals surface area contributed by atoms with Gasteiger partial charge >= 0.3 is 0 Å². The van der Waals surface area contributed by atoms with Crippen LogP contribution in [0.5, 0.6) is 0 Å². The molecule has 0 saturated heterocycles. The Morgan fingerprint density at radius 3 is 2.55 bits per heavy atom. The highest BCUT2D eigenvalue weighted by Crippen LogP contribution is 2.40. The minimum absolute atomic E-state index is 0.137. The number of anilines is 1. The van der Waals surface area contributed by atoms with Crippen LogP contribution in [0.15, 0.2) is 60.8 Å². The van der Waals surface area contributed by atoms with E-state index >= 15 is 0 Å². The molecule has 4 aromatic rings. The van der Waals surface area contributed by atoms with Crippen LogP contribution in [0.2, 0.25) is 0 Å². The van der Waals surface area contributed by atoms with Gasteiger partial charge in [0.2, 0.25) is 0 Å². The summed E-state index contributed by atoms with van der Waals surface area (Å²) in [6.07, 6.45) is 3.53. The Morgan fingerprint density at radius 2 is 1.81 bits per heavy atom. The van der Waals surface area contributed by atoms with Crippen LogP contribution in [0, 0.1) is 5.82 Å². The van der Waals surface area contributed by atoms with Gasteiger partial charge in [0.05, 0.1) is 22.8 Å². The van der Waals surface area contributed by atoms with Crippen molar-refractivity contribution in [3.8, 4) is 5.69 Å². The van der Waals surface area contributed by atoms with Crippen LogP contribution in [0.4, 0.5) is 10.1 Å². The standard InChI is InChI=1S/C24H19FN4O2/c1-14(30)16-6-2-4-8-20(16)28-24(31)17-12-21(15-10-11-15)27-23-18(17)13-26-29(23)22-9-5-3-7-19(22)25/h2-9,12-13,15H,10-11H2,1H3,(H,28,31). The second kappa shape index (κ2) is 7.43. The Kier molecular flexibility index (Phi) is 4.58. The number of nitrogens with zero attached hydrogens (tertiary/aromatic N) is 3. The Morgan fingerprint density at radius 1 is 1.06 bits per heavy atom. The van der Waals surface area contributed by atoms with E-state index in [1.807, 2.05) is 0 Å². The van der Waals surface area contributed by atoms with Crippen molar-refractivity contribution in [3.63, 3.8) is 0 Å². The second-order valence-electron chi connectivity index (χ2n) is 7.67. The number of amides is 1. The van der Waals surface area contributed by atoms with Crippen molar-refractivity contribution >= 4 is 28.4 Å². The number of halogens is 1. The van der Waals surface area contributed by atoms with Gasteiger partial charge in [-0.25, -0.2) is 14.1 Å². The Hall–Kier alpha value is -3.87. The third kappa shape index (κ3) is 3.48. The number of carbonyl (C=O) groups is 2. The summed E-state index contributed by atoms with van der Waals surface area (Å²) in [6, 6.07) is 15.0. The fraction of sp³-hybridized carbons (Fsp3) is 0.167. The zero-order valence-electron chi connectivity index (χ0n) is 16.8. The molecule has 0 spiro atoms. The van der Waals surface area contributed by atoms with Crippen LogP contribution in [0.1, 0.15) is 52.1 Å². The summed E-state index contributed by atoms with van der Waals surface area (Å²) in [5.74, 6) is -0.644. The van der Waals surface area contributed by atoms with E-state index < -0.39 is 5.82 Å². The molecule has 1 amide bonds. The number of hydrogen-bond donors (Lipinski definition) is 1. The van der Waals surface area contributed by atoms with Crippen LogP contribution in [0.25, 0.3) is 16.7 Å². The highest BCUT2D eigenvalue weighted by Gasteiger charge is 2.28. The molecule has 0 aliphatic heterocycles. The van der Waals surface area contributed by atoms with Gasteiger partial charge in [-0.15, -0.1) is 0 Å². The van der Waals surface area contributed by atoms with Gasteiger partial charge < -0.3 is 5.32 Å². The van der Waals surface area contributed by atoms with Crippen LogP contribution in [-0.2, 0) is 0 Å². The number of para-hydroxylation sites is 2. The van der Waals surface area contributed by atoms with E-state index in [1.54, 1.807) is 48.5 Å². The zero-order valence-corrected chi connectivity index (χ0v) is 16.8. The second-order valence-corrected chi connectivity index (χ2v) is 7.67. The monoisotopic (exact) mass is 414 g/mol. The number of aromatic nitrogens is 3. The molecule has 1 aliphatic rings. The van der Waals surface area contributed by atoms with Crippen molar-refractivity contribution in [3.05, 3.63) is 83.4 Å².